The molecule has 0 spiro atoms. The Kier molecular flexibility index (Phi) is 5.65. The number of carbonyl (C=O) groups is 1. The monoisotopic (exact) mass is 402 g/mol. The van der Waals surface area contributed by atoms with Crippen molar-refractivity contribution >= 4 is 27.8 Å². The number of aromatic nitrogens is 1. The van der Waals surface area contributed by atoms with Crippen LogP contribution in [0.5, 0.6) is 5.75 Å². The number of likely N-dealkylation sites (tertiary alicyclic amines) is 1. The van der Waals surface area contributed by atoms with Crippen LogP contribution in [0.25, 0.3) is 21.9 Å². The first-order valence-electron chi connectivity index (χ1n) is 10.1. The van der Waals surface area contributed by atoms with Crippen LogP contribution in [0.3, 0.4) is 0 Å². The zero-order valence-corrected chi connectivity index (χ0v) is 16.4. The van der Waals surface area contributed by atoms with Gasteiger partial charge in [-0.25, -0.2) is 0 Å². The number of pyridine rings is 1. The highest BCUT2D eigenvalue weighted by atomic mass is 19.3. The second-order valence-corrected chi connectivity index (χ2v) is 7.51. The largest absolute Gasteiger partial charge is 0.451 e. The van der Waals surface area contributed by atoms with Crippen molar-refractivity contribution in [2.45, 2.75) is 51.6 Å². The van der Waals surface area contributed by atoms with Gasteiger partial charge in [0.05, 0.1) is 6.20 Å². The molecule has 1 aliphatic heterocycles. The predicted octanol–water partition coefficient (Wildman–Crippen LogP) is 5.48. The average molecular weight is 402 g/mol. The quantitative estimate of drug-likeness (QED) is 0.468. The first kappa shape index (κ1) is 19.6. The van der Waals surface area contributed by atoms with Crippen molar-refractivity contribution in [1.29, 1.82) is 0 Å². The van der Waals surface area contributed by atoms with Gasteiger partial charge in [-0.1, -0.05) is 32.3 Å². The number of hydrogen-bond acceptors (Lipinski definition) is 4. The lowest BCUT2D eigenvalue weighted by Gasteiger charge is -2.17. The molecule has 1 atom stereocenters. The molecule has 1 aromatic carbocycles. The van der Waals surface area contributed by atoms with Gasteiger partial charge in [0, 0.05) is 42.4 Å². The fourth-order valence-corrected chi connectivity index (χ4v) is 4.19. The van der Waals surface area contributed by atoms with Gasteiger partial charge in [-0.2, -0.15) is 8.78 Å². The van der Waals surface area contributed by atoms with Gasteiger partial charge in [0.2, 0.25) is 5.91 Å². The lowest BCUT2D eigenvalue weighted by Crippen LogP contribution is -2.26. The summed E-state index contributed by atoms with van der Waals surface area (Å²) in [6.45, 7) is 0.615. The third-order valence-electron chi connectivity index (χ3n) is 5.57. The van der Waals surface area contributed by atoms with Crippen molar-refractivity contribution in [2.24, 2.45) is 0 Å². The summed E-state index contributed by atoms with van der Waals surface area (Å²) in [4.78, 5) is 18.5. The van der Waals surface area contributed by atoms with E-state index in [2.05, 4.69) is 16.6 Å². The van der Waals surface area contributed by atoms with Gasteiger partial charge in [-0.3, -0.25) is 9.78 Å². The van der Waals surface area contributed by atoms with Crippen LogP contribution in [0.1, 0.15) is 50.5 Å². The summed E-state index contributed by atoms with van der Waals surface area (Å²) >= 11 is 0. The van der Waals surface area contributed by atoms with Crippen LogP contribution in [0.15, 0.2) is 35.0 Å². The summed E-state index contributed by atoms with van der Waals surface area (Å²) in [6, 6.07) is 5.10. The Morgan fingerprint density at radius 1 is 1.28 bits per heavy atom. The highest BCUT2D eigenvalue weighted by Crippen LogP contribution is 2.42. The molecular formula is C22H24F2N2O3. The minimum atomic E-state index is -2.94. The topological polar surface area (TPSA) is 55.6 Å². The van der Waals surface area contributed by atoms with Crippen LogP contribution < -0.4 is 4.74 Å². The first-order valence-corrected chi connectivity index (χ1v) is 10.1. The number of alkyl halides is 2. The SMILES string of the molecule is CCCCCCN1CC(c2ccc(OC(F)F)c3oc4cnccc4c23)CC1=O. The molecule has 0 aliphatic carbocycles. The van der Waals surface area contributed by atoms with E-state index in [1.54, 1.807) is 24.5 Å². The molecular weight excluding hydrogens is 378 g/mol. The summed E-state index contributed by atoms with van der Waals surface area (Å²) < 4.78 is 36.2. The van der Waals surface area contributed by atoms with E-state index < -0.39 is 6.61 Å². The van der Waals surface area contributed by atoms with Crippen LogP contribution in [-0.4, -0.2) is 35.5 Å². The number of fused-ring (bicyclic) bond motifs is 3. The maximum absolute atomic E-state index is 12.9. The Morgan fingerprint density at radius 2 is 2.14 bits per heavy atom. The van der Waals surface area contributed by atoms with E-state index in [1.165, 1.54) is 12.5 Å². The number of benzene rings is 1. The van der Waals surface area contributed by atoms with Crippen LogP contribution in [0, 0.1) is 0 Å². The molecule has 3 heterocycles. The molecule has 0 bridgehead atoms. The Balaban J connectivity index is 1.68. The highest BCUT2D eigenvalue weighted by Gasteiger charge is 2.32. The van der Waals surface area contributed by atoms with E-state index in [0.717, 1.165) is 42.1 Å². The summed E-state index contributed by atoms with van der Waals surface area (Å²) in [6.07, 6.45) is 8.07. The summed E-state index contributed by atoms with van der Waals surface area (Å²) in [5, 5.41) is 1.52. The number of halogens is 2. The molecule has 1 amide bonds. The van der Waals surface area contributed by atoms with Crippen LogP contribution in [0.2, 0.25) is 0 Å². The molecule has 1 unspecified atom stereocenters. The van der Waals surface area contributed by atoms with E-state index in [4.69, 9.17) is 4.42 Å². The summed E-state index contributed by atoms with van der Waals surface area (Å²) in [7, 11) is 0. The van der Waals surface area contributed by atoms with Gasteiger partial charge in [0.25, 0.3) is 0 Å². The summed E-state index contributed by atoms with van der Waals surface area (Å²) in [5.74, 6) is 0.128. The smallest absolute Gasteiger partial charge is 0.387 e. The molecule has 7 heteroatoms. The minimum absolute atomic E-state index is 0.00399. The molecule has 2 aromatic heterocycles. The van der Waals surface area contributed by atoms with Gasteiger partial charge >= 0.3 is 6.61 Å². The van der Waals surface area contributed by atoms with E-state index in [0.29, 0.717) is 18.5 Å². The number of ether oxygens (including phenoxy) is 1. The standard InChI is InChI=1S/C22H24F2N2O3/c1-2-3-4-5-10-26-13-14(11-19(26)27)15-6-7-17(29-22(23)24)21-20(15)16-8-9-25-12-18(16)28-21/h6-9,12,14,22H,2-5,10-11,13H2,1H3. The molecule has 0 saturated carbocycles. The first-order chi connectivity index (χ1) is 14.1. The van der Waals surface area contributed by atoms with E-state index in [9.17, 15) is 13.6 Å². The lowest BCUT2D eigenvalue weighted by atomic mass is 9.93. The molecule has 1 fully saturated rings. The molecule has 0 N–H and O–H groups in total. The molecule has 29 heavy (non-hydrogen) atoms. The fraction of sp³-hybridized carbons (Fsp3) is 0.455. The highest BCUT2D eigenvalue weighted by molar-refractivity contribution is 6.08. The van der Waals surface area contributed by atoms with E-state index >= 15 is 0 Å². The van der Waals surface area contributed by atoms with Gasteiger partial charge in [0.1, 0.15) is 0 Å². The van der Waals surface area contributed by atoms with Gasteiger partial charge in [0.15, 0.2) is 16.9 Å². The number of furan rings is 1. The van der Waals surface area contributed by atoms with Crippen molar-refractivity contribution in [2.75, 3.05) is 13.1 Å². The molecule has 1 aliphatic rings. The third kappa shape index (κ3) is 3.91. The van der Waals surface area contributed by atoms with Crippen molar-refractivity contribution in [3.63, 3.8) is 0 Å². The Morgan fingerprint density at radius 3 is 2.93 bits per heavy atom. The number of unbranched alkanes of at least 4 members (excludes halogenated alkanes) is 3. The molecule has 154 valence electrons. The fourth-order valence-electron chi connectivity index (χ4n) is 4.19. The number of carbonyl (C=O) groups excluding carboxylic acids is 1. The molecule has 3 aromatic rings. The van der Waals surface area contributed by atoms with E-state index in [1.807, 2.05) is 4.90 Å². The Bertz CT molecular complexity index is 1020. The van der Waals surface area contributed by atoms with Crippen molar-refractivity contribution in [3.8, 4) is 5.75 Å². The van der Waals surface area contributed by atoms with Crippen LogP contribution in [0.4, 0.5) is 8.78 Å². The second kappa shape index (κ2) is 8.35. The van der Waals surface area contributed by atoms with Gasteiger partial charge in [-0.15, -0.1) is 0 Å². The predicted molar refractivity (Wildman–Crippen MR) is 106 cm³/mol. The zero-order valence-electron chi connectivity index (χ0n) is 16.4. The van der Waals surface area contributed by atoms with Crippen molar-refractivity contribution in [3.05, 3.63) is 36.2 Å². The van der Waals surface area contributed by atoms with Crippen LogP contribution >= 0.6 is 0 Å². The van der Waals surface area contributed by atoms with Crippen molar-refractivity contribution in [1.82, 2.24) is 9.88 Å². The maximum Gasteiger partial charge on any atom is 0.387 e. The average Bonchev–Trinajstić information content (AvgIpc) is 3.26. The number of amides is 1. The molecule has 0 radical (unpaired) electrons. The minimum Gasteiger partial charge on any atom is -0.451 e. The number of rotatable bonds is 8. The van der Waals surface area contributed by atoms with Crippen molar-refractivity contribution < 1.29 is 22.7 Å². The van der Waals surface area contributed by atoms with Gasteiger partial charge < -0.3 is 14.1 Å². The zero-order chi connectivity index (χ0) is 20.4. The number of hydrogen-bond donors (Lipinski definition) is 0. The van der Waals surface area contributed by atoms with Gasteiger partial charge in [-0.05, 0) is 24.1 Å². The van der Waals surface area contributed by atoms with E-state index in [-0.39, 0.29) is 23.2 Å². The molecule has 1 saturated heterocycles. The number of nitrogens with zero attached hydrogens (tertiary/aromatic N) is 2. The summed E-state index contributed by atoms with van der Waals surface area (Å²) in [5.41, 5.74) is 1.71. The second-order valence-electron chi connectivity index (χ2n) is 7.51. The molecule has 5 nitrogen and oxygen atoms in total. The Labute approximate surface area is 167 Å². The third-order valence-corrected chi connectivity index (χ3v) is 5.57. The molecule has 4 rings (SSSR count). The lowest BCUT2D eigenvalue weighted by molar-refractivity contribution is -0.127. The Hall–Kier alpha value is -2.70. The maximum atomic E-state index is 12.9. The normalized spacial score (nSPS) is 17.2. The van der Waals surface area contributed by atoms with Crippen LogP contribution in [-0.2, 0) is 4.79 Å².